The van der Waals surface area contributed by atoms with Crippen molar-refractivity contribution in [3.05, 3.63) is 0 Å². The Labute approximate surface area is 208 Å². The van der Waals surface area contributed by atoms with Crippen molar-refractivity contribution >= 4 is 12.2 Å². The minimum Gasteiger partial charge on any atom is -0.450 e. The fraction of sp³-hybridized carbons (Fsp3) is 0.786. The van der Waals surface area contributed by atoms with E-state index in [9.17, 15) is 9.59 Å². The fourth-order valence-corrected chi connectivity index (χ4v) is 3.11. The molecule has 0 atom stereocenters. The minimum absolute atomic E-state index is 0.323. The summed E-state index contributed by atoms with van der Waals surface area (Å²) in [5.41, 5.74) is 0. The predicted octanol–water partition coefficient (Wildman–Crippen LogP) is 6.73. The molecule has 34 heavy (non-hydrogen) atoms. The van der Waals surface area contributed by atoms with Gasteiger partial charge in [0.25, 0.3) is 0 Å². The van der Waals surface area contributed by atoms with Gasteiger partial charge in [-0.05, 0) is 50.4 Å². The van der Waals surface area contributed by atoms with E-state index >= 15 is 0 Å². The van der Waals surface area contributed by atoms with Crippen molar-refractivity contribution in [2.75, 3.05) is 26.3 Å². The first kappa shape index (κ1) is 31.7. The molecule has 0 heterocycles. The van der Waals surface area contributed by atoms with Gasteiger partial charge >= 0.3 is 12.2 Å². The zero-order valence-electron chi connectivity index (χ0n) is 21.8. The molecule has 194 valence electrons. The number of hydrogen-bond acceptors (Lipinski definition) is 4. The van der Waals surface area contributed by atoms with Crippen LogP contribution >= 0.6 is 0 Å². The van der Waals surface area contributed by atoms with Crippen LogP contribution in [0, 0.1) is 23.7 Å². The lowest BCUT2D eigenvalue weighted by Gasteiger charge is -2.06. The summed E-state index contributed by atoms with van der Waals surface area (Å²) in [5, 5.41) is 5.58. The van der Waals surface area contributed by atoms with Crippen molar-refractivity contribution < 1.29 is 19.1 Å². The van der Waals surface area contributed by atoms with Crippen LogP contribution in [-0.4, -0.2) is 38.5 Å². The lowest BCUT2D eigenvalue weighted by molar-refractivity contribution is 0.143. The first-order valence-electron chi connectivity index (χ1n) is 13.5. The molecule has 0 rings (SSSR count). The maximum Gasteiger partial charge on any atom is 0.407 e. The van der Waals surface area contributed by atoms with E-state index in [1.54, 1.807) is 0 Å². The summed E-state index contributed by atoms with van der Waals surface area (Å²) >= 11 is 0. The normalized spacial score (nSPS) is 9.82. The van der Waals surface area contributed by atoms with Gasteiger partial charge in [-0.15, -0.1) is 0 Å². The molecule has 0 aromatic heterocycles. The van der Waals surface area contributed by atoms with Crippen LogP contribution in [0.3, 0.4) is 0 Å². The third-order valence-electron chi connectivity index (χ3n) is 5.20. The average Bonchev–Trinajstić information content (AvgIpc) is 2.83. The number of rotatable bonds is 20. The van der Waals surface area contributed by atoms with Crippen LogP contribution in [0.1, 0.15) is 117 Å². The Morgan fingerprint density at radius 3 is 1.38 bits per heavy atom. The Morgan fingerprint density at radius 2 is 0.971 bits per heavy atom. The largest absolute Gasteiger partial charge is 0.450 e. The third kappa shape index (κ3) is 25.9. The van der Waals surface area contributed by atoms with Gasteiger partial charge in [0.15, 0.2) is 0 Å². The first-order valence-corrected chi connectivity index (χ1v) is 13.5. The highest BCUT2D eigenvalue weighted by Crippen LogP contribution is 2.02. The summed E-state index contributed by atoms with van der Waals surface area (Å²) < 4.78 is 10.3. The fourth-order valence-electron chi connectivity index (χ4n) is 3.11. The van der Waals surface area contributed by atoms with Crippen LogP contribution in [0.4, 0.5) is 9.59 Å². The molecule has 0 saturated carbocycles. The molecule has 6 nitrogen and oxygen atoms in total. The number of amides is 2. The molecule has 0 aliphatic carbocycles. The Kier molecular flexibility index (Phi) is 25.1. The monoisotopic (exact) mass is 476 g/mol. The van der Waals surface area contributed by atoms with E-state index in [0.29, 0.717) is 26.3 Å². The van der Waals surface area contributed by atoms with E-state index in [1.807, 2.05) is 0 Å². The van der Waals surface area contributed by atoms with Crippen molar-refractivity contribution in [2.24, 2.45) is 0 Å². The topological polar surface area (TPSA) is 76.7 Å². The van der Waals surface area contributed by atoms with Gasteiger partial charge in [0, 0.05) is 25.9 Å². The van der Waals surface area contributed by atoms with Crippen LogP contribution in [0.15, 0.2) is 0 Å². The SMILES string of the molecule is CCCCCCCNC(=O)OCCCCC#CC#CCCCCOC(=O)NCCCCCCC. The summed E-state index contributed by atoms with van der Waals surface area (Å²) in [6.45, 7) is 6.61. The molecule has 0 fully saturated rings. The molecule has 0 radical (unpaired) electrons. The van der Waals surface area contributed by atoms with E-state index in [4.69, 9.17) is 9.47 Å². The molecule has 2 N–H and O–H groups in total. The van der Waals surface area contributed by atoms with Gasteiger partial charge < -0.3 is 20.1 Å². The molecule has 0 bridgehead atoms. The molecule has 0 aliphatic rings. The maximum atomic E-state index is 11.5. The molecule has 0 spiro atoms. The molecule has 6 heteroatoms. The maximum absolute atomic E-state index is 11.5. The number of nitrogens with one attached hydrogen (secondary N) is 2. The summed E-state index contributed by atoms with van der Waals surface area (Å²) in [5.74, 6) is 11.8. The zero-order valence-corrected chi connectivity index (χ0v) is 21.8. The summed E-state index contributed by atoms with van der Waals surface area (Å²) in [6.07, 6.45) is 16.0. The molecule has 0 unspecified atom stereocenters. The number of unbranched alkanes of at least 4 members (excludes halogenated alkanes) is 12. The molecule has 2 amide bonds. The number of hydrogen-bond donors (Lipinski definition) is 2. The standard InChI is InChI=1S/C28H48N2O4/c1-3-5-7-15-19-23-29-27(31)33-25-21-17-13-11-9-10-12-14-18-22-26-34-28(32)30-24-20-16-8-6-4-2/h3-8,13-26H2,1-2H3,(H,29,31)(H,30,32). The Hall–Kier alpha value is -2.34. The highest BCUT2D eigenvalue weighted by Gasteiger charge is 2.01. The van der Waals surface area contributed by atoms with Crippen LogP contribution in [-0.2, 0) is 9.47 Å². The number of alkyl carbamates (subject to hydrolysis) is 2. The minimum atomic E-state index is -0.323. The van der Waals surface area contributed by atoms with E-state index in [1.165, 1.54) is 38.5 Å². The predicted molar refractivity (Wildman–Crippen MR) is 139 cm³/mol. The van der Waals surface area contributed by atoms with Gasteiger partial charge in [0.05, 0.1) is 13.2 Å². The number of carbonyl (C=O) groups is 2. The van der Waals surface area contributed by atoms with Crippen LogP contribution in [0.5, 0.6) is 0 Å². The van der Waals surface area contributed by atoms with Crippen molar-refractivity contribution in [3.63, 3.8) is 0 Å². The smallest absolute Gasteiger partial charge is 0.407 e. The summed E-state index contributed by atoms with van der Waals surface area (Å²) in [6, 6.07) is 0. The second kappa shape index (κ2) is 26.9. The lowest BCUT2D eigenvalue weighted by Crippen LogP contribution is -2.25. The highest BCUT2D eigenvalue weighted by atomic mass is 16.6. The second-order valence-corrected chi connectivity index (χ2v) is 8.47. The molecular formula is C28H48N2O4. The Balaban J connectivity index is 3.43. The van der Waals surface area contributed by atoms with Gasteiger partial charge in [-0.1, -0.05) is 77.1 Å². The molecule has 0 aromatic rings. The van der Waals surface area contributed by atoms with Gasteiger partial charge in [-0.3, -0.25) is 0 Å². The average molecular weight is 477 g/mol. The highest BCUT2D eigenvalue weighted by molar-refractivity contribution is 5.67. The molecule has 0 aromatic carbocycles. The number of carbonyl (C=O) groups excluding carboxylic acids is 2. The summed E-state index contributed by atoms with van der Waals surface area (Å²) in [4.78, 5) is 23.1. The Bertz CT molecular complexity index is 559. The van der Waals surface area contributed by atoms with Gasteiger partial charge in [-0.25, -0.2) is 9.59 Å². The van der Waals surface area contributed by atoms with Crippen molar-refractivity contribution in [3.8, 4) is 23.7 Å². The van der Waals surface area contributed by atoms with Crippen molar-refractivity contribution in [1.82, 2.24) is 10.6 Å². The second-order valence-electron chi connectivity index (χ2n) is 8.47. The zero-order chi connectivity index (χ0) is 25.0. The van der Waals surface area contributed by atoms with Crippen LogP contribution in [0.25, 0.3) is 0 Å². The number of ether oxygens (including phenoxy) is 2. The van der Waals surface area contributed by atoms with Gasteiger partial charge in [-0.2, -0.15) is 0 Å². The Morgan fingerprint density at radius 1 is 0.559 bits per heavy atom. The van der Waals surface area contributed by atoms with E-state index < -0.39 is 0 Å². The van der Waals surface area contributed by atoms with Crippen LogP contribution < -0.4 is 10.6 Å². The van der Waals surface area contributed by atoms with E-state index in [2.05, 4.69) is 48.2 Å². The quantitative estimate of drug-likeness (QED) is 0.151. The first-order chi connectivity index (χ1) is 16.7. The van der Waals surface area contributed by atoms with E-state index in [0.717, 1.165) is 64.2 Å². The van der Waals surface area contributed by atoms with E-state index in [-0.39, 0.29) is 12.2 Å². The van der Waals surface area contributed by atoms with Crippen LogP contribution in [0.2, 0.25) is 0 Å². The molecule has 0 aliphatic heterocycles. The van der Waals surface area contributed by atoms with Crippen molar-refractivity contribution in [2.45, 2.75) is 117 Å². The lowest BCUT2D eigenvalue weighted by atomic mass is 10.1. The third-order valence-corrected chi connectivity index (χ3v) is 5.20. The van der Waals surface area contributed by atoms with Gasteiger partial charge in [0.1, 0.15) is 0 Å². The van der Waals surface area contributed by atoms with Crippen molar-refractivity contribution in [1.29, 1.82) is 0 Å². The summed E-state index contributed by atoms with van der Waals surface area (Å²) in [7, 11) is 0. The van der Waals surface area contributed by atoms with Gasteiger partial charge in [0.2, 0.25) is 0 Å². The molecular weight excluding hydrogens is 428 g/mol. The molecule has 0 saturated heterocycles.